The number of rotatable bonds is 4. The zero-order chi connectivity index (χ0) is 13.8. The van der Waals surface area contributed by atoms with Crippen molar-refractivity contribution in [1.82, 2.24) is 15.0 Å². The topological polar surface area (TPSA) is 71.6 Å². The van der Waals surface area contributed by atoms with Crippen LogP contribution < -0.4 is 0 Å². The first-order chi connectivity index (χ1) is 9.21. The van der Waals surface area contributed by atoms with E-state index in [9.17, 15) is 4.79 Å². The molecule has 0 fully saturated rings. The predicted molar refractivity (Wildman–Crippen MR) is 70.1 cm³/mol. The van der Waals surface area contributed by atoms with E-state index in [1.54, 1.807) is 29.8 Å². The van der Waals surface area contributed by atoms with Crippen molar-refractivity contribution in [2.45, 2.75) is 26.7 Å². The number of hydrogen-bond donors (Lipinski definition) is 0. The van der Waals surface area contributed by atoms with Gasteiger partial charge in [-0.05, 0) is 24.6 Å². The van der Waals surface area contributed by atoms with Crippen molar-refractivity contribution in [2.24, 2.45) is 0 Å². The molecule has 0 saturated carbocycles. The minimum absolute atomic E-state index is 0.0143. The van der Waals surface area contributed by atoms with Gasteiger partial charge in [0.2, 0.25) is 0 Å². The lowest BCUT2D eigenvalue weighted by Gasteiger charge is -2.05. The average Bonchev–Trinajstić information content (AvgIpc) is 2.90. The van der Waals surface area contributed by atoms with Gasteiger partial charge in [0, 0.05) is 6.42 Å². The van der Waals surface area contributed by atoms with E-state index in [2.05, 4.69) is 16.4 Å². The molecule has 0 unspecified atom stereocenters. The molecular formula is C14H14N4O. The molecule has 0 spiro atoms. The summed E-state index contributed by atoms with van der Waals surface area (Å²) >= 11 is 0. The Labute approximate surface area is 111 Å². The third kappa shape index (κ3) is 2.38. The van der Waals surface area contributed by atoms with Crippen LogP contribution in [0.2, 0.25) is 0 Å². The summed E-state index contributed by atoms with van der Waals surface area (Å²) in [5.41, 5.74) is 2.51. The number of benzene rings is 1. The molecule has 0 bridgehead atoms. The van der Waals surface area contributed by atoms with Crippen LogP contribution in [-0.2, 0) is 6.42 Å². The van der Waals surface area contributed by atoms with E-state index >= 15 is 0 Å². The highest BCUT2D eigenvalue weighted by Crippen LogP contribution is 2.16. The smallest absolute Gasteiger partial charge is 0.184 e. The van der Waals surface area contributed by atoms with Gasteiger partial charge in [0.05, 0.1) is 23.0 Å². The molecule has 5 heteroatoms. The number of carbonyl (C=O) groups is 1. The van der Waals surface area contributed by atoms with E-state index in [1.807, 2.05) is 13.0 Å². The quantitative estimate of drug-likeness (QED) is 0.785. The Bertz CT molecular complexity index is 652. The number of nitriles is 1. The fourth-order valence-electron chi connectivity index (χ4n) is 1.92. The van der Waals surface area contributed by atoms with Gasteiger partial charge in [-0.25, -0.2) is 4.68 Å². The molecule has 1 aromatic carbocycles. The number of ketones is 1. The molecule has 96 valence electrons. The van der Waals surface area contributed by atoms with Crippen molar-refractivity contribution in [1.29, 1.82) is 5.26 Å². The minimum Gasteiger partial charge on any atom is -0.292 e. The first kappa shape index (κ1) is 13.0. The van der Waals surface area contributed by atoms with Crippen LogP contribution in [0.15, 0.2) is 24.3 Å². The van der Waals surface area contributed by atoms with Crippen molar-refractivity contribution in [3.8, 4) is 11.8 Å². The van der Waals surface area contributed by atoms with Gasteiger partial charge in [0.1, 0.15) is 0 Å². The van der Waals surface area contributed by atoms with Crippen LogP contribution in [0.5, 0.6) is 0 Å². The lowest BCUT2D eigenvalue weighted by molar-refractivity contribution is 0.0982. The summed E-state index contributed by atoms with van der Waals surface area (Å²) in [5.74, 6) is -0.0143. The van der Waals surface area contributed by atoms with Crippen molar-refractivity contribution >= 4 is 5.78 Å². The number of Topliss-reactive ketones (excluding diaryl/α,β-unsaturated/α-hetero) is 1. The molecule has 0 N–H and O–H groups in total. The third-order valence-corrected chi connectivity index (χ3v) is 2.90. The molecule has 2 rings (SSSR count). The predicted octanol–water partition coefficient (Wildman–Crippen LogP) is 2.29. The second-order valence-electron chi connectivity index (χ2n) is 4.09. The van der Waals surface area contributed by atoms with Gasteiger partial charge in [0.15, 0.2) is 11.5 Å². The van der Waals surface area contributed by atoms with Crippen LogP contribution >= 0.6 is 0 Å². The summed E-state index contributed by atoms with van der Waals surface area (Å²) in [5, 5.41) is 16.9. The molecule has 0 amide bonds. The fourth-order valence-corrected chi connectivity index (χ4v) is 1.92. The van der Waals surface area contributed by atoms with E-state index in [0.29, 0.717) is 24.1 Å². The number of nitrogens with zero attached hydrogens (tertiary/aromatic N) is 4. The Balaban J connectivity index is 2.54. The number of carbonyl (C=O) groups excluding carboxylic acids is 1. The number of aromatic nitrogens is 3. The molecule has 0 radical (unpaired) electrons. The van der Waals surface area contributed by atoms with Gasteiger partial charge in [-0.1, -0.05) is 25.1 Å². The van der Waals surface area contributed by atoms with Crippen LogP contribution in [-0.4, -0.2) is 20.8 Å². The van der Waals surface area contributed by atoms with Crippen LogP contribution in [0.25, 0.3) is 5.69 Å². The highest BCUT2D eigenvalue weighted by molar-refractivity contribution is 5.95. The third-order valence-electron chi connectivity index (χ3n) is 2.90. The summed E-state index contributed by atoms with van der Waals surface area (Å²) in [6, 6.07) is 9.17. The van der Waals surface area contributed by atoms with E-state index in [-0.39, 0.29) is 5.78 Å². The Morgan fingerprint density at radius 3 is 2.84 bits per heavy atom. The van der Waals surface area contributed by atoms with Gasteiger partial charge >= 0.3 is 0 Å². The zero-order valence-electron chi connectivity index (χ0n) is 10.9. The SMILES string of the molecule is CCC(=O)c1nnn(-c2cccc(C#N)c2)c1CC. The first-order valence-corrected chi connectivity index (χ1v) is 6.19. The van der Waals surface area contributed by atoms with Gasteiger partial charge < -0.3 is 0 Å². The molecule has 1 aromatic heterocycles. The maximum Gasteiger partial charge on any atom is 0.184 e. The fraction of sp³-hybridized carbons (Fsp3) is 0.286. The van der Waals surface area contributed by atoms with Gasteiger partial charge in [-0.2, -0.15) is 5.26 Å². The van der Waals surface area contributed by atoms with Crippen LogP contribution in [0, 0.1) is 11.3 Å². The Morgan fingerprint density at radius 1 is 1.42 bits per heavy atom. The van der Waals surface area contributed by atoms with E-state index in [4.69, 9.17) is 5.26 Å². The summed E-state index contributed by atoms with van der Waals surface area (Å²) in [7, 11) is 0. The highest BCUT2D eigenvalue weighted by Gasteiger charge is 2.17. The highest BCUT2D eigenvalue weighted by atomic mass is 16.1. The first-order valence-electron chi connectivity index (χ1n) is 6.19. The van der Waals surface area contributed by atoms with E-state index in [0.717, 1.165) is 11.4 Å². The van der Waals surface area contributed by atoms with Crippen molar-refractivity contribution < 1.29 is 4.79 Å². The average molecular weight is 254 g/mol. The standard InChI is InChI=1S/C14H14N4O/c1-3-12-14(13(19)4-2)16-17-18(12)11-7-5-6-10(8-11)9-15/h5-8H,3-4H2,1-2H3. The lowest BCUT2D eigenvalue weighted by atomic mass is 10.1. The molecule has 2 aromatic rings. The Kier molecular flexibility index (Phi) is 3.71. The summed E-state index contributed by atoms with van der Waals surface area (Å²) in [6.45, 7) is 3.76. The normalized spacial score (nSPS) is 10.2. The summed E-state index contributed by atoms with van der Waals surface area (Å²) in [4.78, 5) is 11.8. The van der Waals surface area contributed by atoms with Crippen LogP contribution in [0.3, 0.4) is 0 Å². The van der Waals surface area contributed by atoms with Gasteiger partial charge in [-0.15, -0.1) is 5.10 Å². The molecule has 0 aliphatic carbocycles. The number of hydrogen-bond acceptors (Lipinski definition) is 4. The maximum absolute atomic E-state index is 11.8. The summed E-state index contributed by atoms with van der Waals surface area (Å²) < 4.78 is 1.63. The molecule has 19 heavy (non-hydrogen) atoms. The minimum atomic E-state index is -0.0143. The van der Waals surface area contributed by atoms with Crippen molar-refractivity contribution in [3.63, 3.8) is 0 Å². The monoisotopic (exact) mass is 254 g/mol. The van der Waals surface area contributed by atoms with Crippen LogP contribution in [0.4, 0.5) is 0 Å². The van der Waals surface area contributed by atoms with E-state index in [1.165, 1.54) is 0 Å². The lowest BCUT2D eigenvalue weighted by Crippen LogP contribution is -2.06. The molecular weight excluding hydrogens is 240 g/mol. The van der Waals surface area contributed by atoms with E-state index < -0.39 is 0 Å². The van der Waals surface area contributed by atoms with Gasteiger partial charge in [-0.3, -0.25) is 4.79 Å². The van der Waals surface area contributed by atoms with Crippen molar-refractivity contribution in [2.75, 3.05) is 0 Å². The summed E-state index contributed by atoms with van der Waals surface area (Å²) in [6.07, 6.45) is 1.06. The second-order valence-corrected chi connectivity index (χ2v) is 4.09. The Morgan fingerprint density at radius 2 is 2.21 bits per heavy atom. The van der Waals surface area contributed by atoms with Crippen molar-refractivity contribution in [3.05, 3.63) is 41.2 Å². The maximum atomic E-state index is 11.8. The van der Waals surface area contributed by atoms with Gasteiger partial charge in [0.25, 0.3) is 0 Å². The Hall–Kier alpha value is -2.48. The molecule has 0 aliphatic heterocycles. The molecule has 0 atom stereocenters. The van der Waals surface area contributed by atoms with Crippen LogP contribution in [0.1, 0.15) is 42.0 Å². The molecule has 0 saturated heterocycles. The largest absolute Gasteiger partial charge is 0.292 e. The second kappa shape index (κ2) is 5.44. The zero-order valence-corrected chi connectivity index (χ0v) is 10.9. The molecule has 5 nitrogen and oxygen atoms in total. The molecule has 1 heterocycles. The molecule has 0 aliphatic rings.